The van der Waals surface area contributed by atoms with Gasteiger partial charge in [-0.25, -0.2) is 4.79 Å². The van der Waals surface area contributed by atoms with Crippen LogP contribution in [0.25, 0.3) is 11.1 Å². The summed E-state index contributed by atoms with van der Waals surface area (Å²) in [5, 5.41) is 15.9. The van der Waals surface area contributed by atoms with E-state index in [9.17, 15) is 19.5 Å². The fourth-order valence-electron chi connectivity index (χ4n) is 5.86. The van der Waals surface area contributed by atoms with Crippen molar-refractivity contribution in [3.63, 3.8) is 0 Å². The molecule has 242 valence electrons. The summed E-state index contributed by atoms with van der Waals surface area (Å²) in [6.45, 7) is 5.81. The highest BCUT2D eigenvalue weighted by Gasteiger charge is 2.25. The highest BCUT2D eigenvalue weighted by molar-refractivity contribution is 6.36. The molecule has 11 nitrogen and oxygen atoms in total. The molecule has 4 heterocycles. The fraction of sp³-hybridized carbons (Fsp3) is 0.286. The first-order valence-corrected chi connectivity index (χ1v) is 15.9. The van der Waals surface area contributed by atoms with Gasteiger partial charge in [0.05, 0.1) is 16.8 Å². The number of pyridine rings is 2. The van der Waals surface area contributed by atoms with E-state index >= 15 is 0 Å². The molecule has 4 amide bonds. The van der Waals surface area contributed by atoms with Crippen molar-refractivity contribution in [3.05, 3.63) is 106 Å². The summed E-state index contributed by atoms with van der Waals surface area (Å²) in [7, 11) is 1.77. The first kappa shape index (κ1) is 32.1. The predicted octanol–water partition coefficient (Wildman–Crippen LogP) is 5.04. The van der Waals surface area contributed by atoms with Gasteiger partial charge >= 0.3 is 6.03 Å². The average Bonchev–Trinajstić information content (AvgIpc) is 3.63. The Morgan fingerprint density at radius 3 is 2.04 bits per heavy atom. The van der Waals surface area contributed by atoms with E-state index in [1.807, 2.05) is 37.3 Å². The Kier molecular flexibility index (Phi) is 9.48. The summed E-state index contributed by atoms with van der Waals surface area (Å²) in [6.07, 6.45) is 3.78. The van der Waals surface area contributed by atoms with Gasteiger partial charge in [0.1, 0.15) is 11.4 Å². The quantitative estimate of drug-likeness (QED) is 0.231. The maximum absolute atomic E-state index is 13.1. The number of nitrogens with one attached hydrogen (secondary N) is 2. The summed E-state index contributed by atoms with van der Waals surface area (Å²) in [4.78, 5) is 52.7. The van der Waals surface area contributed by atoms with Crippen molar-refractivity contribution >= 4 is 40.8 Å². The van der Waals surface area contributed by atoms with Crippen LogP contribution < -0.4 is 10.6 Å². The molecule has 2 fully saturated rings. The normalized spacial score (nSPS) is 16.5. The number of nitrogens with zero attached hydrogens (tertiary/aromatic N) is 5. The van der Waals surface area contributed by atoms with E-state index in [1.165, 1.54) is 0 Å². The summed E-state index contributed by atoms with van der Waals surface area (Å²) in [5.74, 6) is -0.750. The van der Waals surface area contributed by atoms with Crippen LogP contribution in [0.15, 0.2) is 73.1 Å². The van der Waals surface area contributed by atoms with Crippen LogP contribution in [0.2, 0.25) is 5.02 Å². The van der Waals surface area contributed by atoms with Crippen LogP contribution in [-0.4, -0.2) is 87.0 Å². The third-order valence-electron chi connectivity index (χ3n) is 8.56. The number of rotatable bonds is 9. The molecular weight excluding hydrogens is 618 g/mol. The number of urea groups is 1. The van der Waals surface area contributed by atoms with Gasteiger partial charge in [-0.3, -0.25) is 24.5 Å². The van der Waals surface area contributed by atoms with E-state index in [4.69, 9.17) is 11.6 Å². The molecule has 0 spiro atoms. The molecule has 0 radical (unpaired) electrons. The molecule has 2 aromatic heterocycles. The molecule has 4 aromatic rings. The van der Waals surface area contributed by atoms with Crippen LogP contribution in [0.5, 0.6) is 0 Å². The molecule has 2 aromatic carbocycles. The Morgan fingerprint density at radius 1 is 0.851 bits per heavy atom. The summed E-state index contributed by atoms with van der Waals surface area (Å²) < 4.78 is 0. The molecule has 2 aliphatic heterocycles. The van der Waals surface area contributed by atoms with Crippen molar-refractivity contribution in [2.75, 3.05) is 43.9 Å². The highest BCUT2D eigenvalue weighted by Crippen LogP contribution is 2.37. The number of aliphatic hydroxyl groups excluding tert-OH is 1. The number of aromatic nitrogens is 2. The molecule has 0 aliphatic carbocycles. The van der Waals surface area contributed by atoms with Gasteiger partial charge < -0.3 is 25.5 Å². The van der Waals surface area contributed by atoms with Crippen molar-refractivity contribution < 1.29 is 19.5 Å². The molecule has 2 aliphatic rings. The number of carbonyl (C=O) groups is 3. The lowest BCUT2D eigenvalue weighted by atomic mass is 9.98. The SMILES string of the molecule is Cc1c(NC(=O)c2ccc(CN3CCN(C)C3=O)cn2)cccc1-c1cccc(NC(=O)c2ccc(CN3CCC(O)C3)cn2)c1Cl. The molecular formula is C35H36ClN7O4. The number of aliphatic hydroxyl groups is 1. The van der Waals surface area contributed by atoms with Crippen molar-refractivity contribution in [2.24, 2.45) is 0 Å². The minimum absolute atomic E-state index is 0.0199. The van der Waals surface area contributed by atoms with Crippen molar-refractivity contribution in [3.8, 4) is 11.1 Å². The van der Waals surface area contributed by atoms with Gasteiger partial charge in [-0.15, -0.1) is 0 Å². The van der Waals surface area contributed by atoms with Crippen LogP contribution in [0, 0.1) is 6.92 Å². The number of likely N-dealkylation sites (N-methyl/N-ethyl adjacent to an activating group) is 1. The Bertz CT molecular complexity index is 1800. The number of amides is 4. The number of hydrogen-bond donors (Lipinski definition) is 3. The van der Waals surface area contributed by atoms with E-state index in [2.05, 4.69) is 25.5 Å². The van der Waals surface area contributed by atoms with Crippen LogP contribution in [0.3, 0.4) is 0 Å². The summed E-state index contributed by atoms with van der Waals surface area (Å²) in [6, 6.07) is 17.9. The van der Waals surface area contributed by atoms with Crippen molar-refractivity contribution in [1.82, 2.24) is 24.7 Å². The second-order valence-electron chi connectivity index (χ2n) is 12.0. The Balaban J connectivity index is 1.12. The zero-order chi connectivity index (χ0) is 33.1. The van der Waals surface area contributed by atoms with Crippen LogP contribution >= 0.6 is 11.6 Å². The van der Waals surface area contributed by atoms with E-state index in [0.717, 1.165) is 35.2 Å². The van der Waals surface area contributed by atoms with Gasteiger partial charge in [-0.05, 0) is 59.9 Å². The number of likely N-dealkylation sites (tertiary alicyclic amines) is 1. The Labute approximate surface area is 278 Å². The number of halogens is 1. The highest BCUT2D eigenvalue weighted by atomic mass is 35.5. The maximum atomic E-state index is 13.1. The van der Waals surface area contributed by atoms with Gasteiger partial charge in [-0.2, -0.15) is 0 Å². The number of carbonyl (C=O) groups excluding carboxylic acids is 3. The summed E-state index contributed by atoms with van der Waals surface area (Å²) >= 11 is 6.84. The molecule has 6 rings (SSSR count). The zero-order valence-electron chi connectivity index (χ0n) is 26.2. The molecule has 2 saturated heterocycles. The number of hydrogen-bond acceptors (Lipinski definition) is 7. The standard InChI is InChI=1S/C35H36ClN7O4/c1-22-26(5-3-7-28(22)39-33(45)30-12-10-24(18-38-30)20-43-16-15-41(2)35(43)47)27-6-4-8-29(32(27)36)40-34(46)31-11-9-23(17-37-31)19-42-14-13-25(44)21-42/h3-12,17-18,25,44H,13-16,19-21H2,1-2H3,(H,39,45)(H,40,46). The van der Waals surface area contributed by atoms with Crippen LogP contribution in [-0.2, 0) is 13.1 Å². The largest absolute Gasteiger partial charge is 0.392 e. The van der Waals surface area contributed by atoms with Gasteiger partial charge in [0.15, 0.2) is 0 Å². The lowest BCUT2D eigenvalue weighted by molar-refractivity contribution is 0.101. The van der Waals surface area contributed by atoms with Crippen LogP contribution in [0.4, 0.5) is 16.2 Å². The molecule has 0 saturated carbocycles. The second-order valence-corrected chi connectivity index (χ2v) is 12.3. The first-order valence-electron chi connectivity index (χ1n) is 15.5. The second kappa shape index (κ2) is 13.9. The Hall–Kier alpha value is -4.84. The zero-order valence-corrected chi connectivity index (χ0v) is 27.0. The first-order chi connectivity index (χ1) is 22.7. The molecule has 1 unspecified atom stereocenters. The smallest absolute Gasteiger partial charge is 0.320 e. The molecule has 0 bridgehead atoms. The van der Waals surface area contributed by atoms with E-state index in [1.54, 1.807) is 59.6 Å². The van der Waals surface area contributed by atoms with E-state index in [0.29, 0.717) is 54.7 Å². The topological polar surface area (TPSA) is 131 Å². The molecule has 12 heteroatoms. The monoisotopic (exact) mass is 653 g/mol. The lowest BCUT2D eigenvalue weighted by Gasteiger charge is -2.16. The van der Waals surface area contributed by atoms with Crippen molar-refractivity contribution in [1.29, 1.82) is 0 Å². The average molecular weight is 654 g/mol. The van der Waals surface area contributed by atoms with Crippen LogP contribution in [0.1, 0.15) is 44.1 Å². The third-order valence-corrected chi connectivity index (χ3v) is 8.97. The number of anilines is 2. The fourth-order valence-corrected chi connectivity index (χ4v) is 6.14. The molecule has 47 heavy (non-hydrogen) atoms. The predicted molar refractivity (Wildman–Crippen MR) is 180 cm³/mol. The third kappa shape index (κ3) is 7.27. The van der Waals surface area contributed by atoms with Gasteiger partial charge in [-0.1, -0.05) is 48.0 Å². The van der Waals surface area contributed by atoms with E-state index in [-0.39, 0.29) is 35.3 Å². The van der Waals surface area contributed by atoms with Gasteiger partial charge in [0, 0.05) is 70.0 Å². The molecule has 1 atom stereocenters. The van der Waals surface area contributed by atoms with Gasteiger partial charge in [0.25, 0.3) is 11.8 Å². The number of benzene rings is 2. The van der Waals surface area contributed by atoms with E-state index < -0.39 is 0 Å². The minimum atomic E-state index is -0.386. The summed E-state index contributed by atoms with van der Waals surface area (Å²) in [5.41, 5.74) is 5.64. The maximum Gasteiger partial charge on any atom is 0.320 e. The molecule has 3 N–H and O–H groups in total. The minimum Gasteiger partial charge on any atom is -0.392 e. The van der Waals surface area contributed by atoms with Gasteiger partial charge in [0.2, 0.25) is 0 Å². The van der Waals surface area contributed by atoms with Crippen molar-refractivity contribution in [2.45, 2.75) is 32.5 Å². The Morgan fingerprint density at radius 2 is 1.47 bits per heavy atom. The number of β-amino-alcohol motifs (C(OH)–C–C–N with tert-alkyl or cyclic N) is 1. The lowest BCUT2D eigenvalue weighted by Crippen LogP contribution is -2.29.